The number of nitrogens with two attached hydrogens (primary N) is 1. The van der Waals surface area contributed by atoms with Gasteiger partial charge in [0, 0.05) is 17.2 Å². The first-order chi connectivity index (χ1) is 9.77. The Morgan fingerprint density at radius 1 is 1.05 bits per heavy atom. The van der Waals surface area contributed by atoms with Crippen LogP contribution in [0.1, 0.15) is 12.8 Å². The number of allylic oxidation sites excluding steroid dienone is 7. The summed E-state index contributed by atoms with van der Waals surface area (Å²) in [6, 6.07) is 8.64. The minimum absolute atomic E-state index is 0.334. The molecule has 20 heavy (non-hydrogen) atoms. The van der Waals surface area contributed by atoms with Crippen molar-refractivity contribution >= 4 is 11.1 Å². The van der Waals surface area contributed by atoms with Crippen LogP contribution in [0.4, 0.5) is 0 Å². The molecule has 98 valence electrons. The number of rotatable bonds is 1. The van der Waals surface area contributed by atoms with Crippen molar-refractivity contribution in [2.75, 3.05) is 0 Å². The van der Waals surface area contributed by atoms with Gasteiger partial charge in [-0.2, -0.15) is 0 Å². The Hall–Kier alpha value is -2.28. The molecule has 1 aromatic carbocycles. The maximum atomic E-state index is 6.27. The molecule has 0 amide bonds. The normalized spacial score (nSPS) is 23.6. The monoisotopic (exact) mass is 259 g/mol. The SMILES string of the molecule is C=C1CCC(N)=C1C1=c2ccccc2=C2C=CC=CC21. The lowest BCUT2D eigenvalue weighted by atomic mass is 9.85. The quantitative estimate of drug-likeness (QED) is 0.823. The minimum atomic E-state index is 0.334. The Labute approximate surface area is 118 Å². The molecule has 0 spiro atoms. The van der Waals surface area contributed by atoms with Gasteiger partial charge in [-0.15, -0.1) is 0 Å². The molecule has 1 unspecified atom stereocenters. The molecule has 0 radical (unpaired) electrons. The van der Waals surface area contributed by atoms with Gasteiger partial charge in [-0.05, 0) is 40.0 Å². The maximum absolute atomic E-state index is 6.27. The molecule has 1 atom stereocenters. The fourth-order valence-corrected chi connectivity index (χ4v) is 3.60. The van der Waals surface area contributed by atoms with Crippen molar-refractivity contribution in [2.45, 2.75) is 12.8 Å². The first kappa shape index (κ1) is 11.5. The first-order valence-electron chi connectivity index (χ1n) is 7.13. The molecular formula is C19H17N. The van der Waals surface area contributed by atoms with Crippen LogP contribution in [0.15, 0.2) is 72.0 Å². The van der Waals surface area contributed by atoms with E-state index in [1.165, 1.54) is 32.7 Å². The topological polar surface area (TPSA) is 26.0 Å². The van der Waals surface area contributed by atoms with Crippen LogP contribution >= 0.6 is 0 Å². The van der Waals surface area contributed by atoms with Gasteiger partial charge in [-0.25, -0.2) is 0 Å². The van der Waals surface area contributed by atoms with Crippen LogP contribution in [-0.4, -0.2) is 0 Å². The van der Waals surface area contributed by atoms with Gasteiger partial charge in [0.2, 0.25) is 0 Å². The zero-order chi connectivity index (χ0) is 13.7. The number of hydrogen-bond donors (Lipinski definition) is 1. The fraction of sp³-hybridized carbons (Fsp3) is 0.158. The smallest absolute Gasteiger partial charge is 0.0291 e. The Bertz CT molecular complexity index is 831. The molecule has 0 bridgehead atoms. The fourth-order valence-electron chi connectivity index (χ4n) is 3.60. The summed E-state index contributed by atoms with van der Waals surface area (Å²) in [6.07, 6.45) is 10.7. The van der Waals surface area contributed by atoms with Crippen molar-refractivity contribution in [1.29, 1.82) is 0 Å². The molecular weight excluding hydrogens is 242 g/mol. The molecule has 1 nitrogen and oxygen atoms in total. The number of hydrogen-bond acceptors (Lipinski definition) is 1. The van der Waals surface area contributed by atoms with Gasteiger partial charge in [-0.1, -0.05) is 55.1 Å². The molecule has 0 heterocycles. The van der Waals surface area contributed by atoms with Gasteiger partial charge >= 0.3 is 0 Å². The lowest BCUT2D eigenvalue weighted by molar-refractivity contribution is 0.996. The summed E-state index contributed by atoms with van der Waals surface area (Å²) in [5, 5.41) is 2.66. The third-order valence-electron chi connectivity index (χ3n) is 4.50. The van der Waals surface area contributed by atoms with E-state index >= 15 is 0 Å². The van der Waals surface area contributed by atoms with Crippen LogP contribution < -0.4 is 16.2 Å². The summed E-state index contributed by atoms with van der Waals surface area (Å²) in [4.78, 5) is 0. The Morgan fingerprint density at radius 3 is 2.60 bits per heavy atom. The van der Waals surface area contributed by atoms with E-state index in [9.17, 15) is 0 Å². The minimum Gasteiger partial charge on any atom is -0.402 e. The molecule has 3 aliphatic rings. The average Bonchev–Trinajstić information content (AvgIpc) is 2.97. The first-order valence-corrected chi connectivity index (χ1v) is 7.13. The van der Waals surface area contributed by atoms with E-state index in [0.29, 0.717) is 5.92 Å². The highest BCUT2D eigenvalue weighted by atomic mass is 14.6. The number of benzene rings is 1. The van der Waals surface area contributed by atoms with Crippen molar-refractivity contribution < 1.29 is 0 Å². The van der Waals surface area contributed by atoms with E-state index in [4.69, 9.17) is 5.73 Å². The highest BCUT2D eigenvalue weighted by molar-refractivity contribution is 5.89. The van der Waals surface area contributed by atoms with Gasteiger partial charge in [-0.3, -0.25) is 0 Å². The average molecular weight is 259 g/mol. The van der Waals surface area contributed by atoms with Crippen molar-refractivity contribution in [1.82, 2.24) is 0 Å². The van der Waals surface area contributed by atoms with Crippen molar-refractivity contribution in [2.24, 2.45) is 11.7 Å². The van der Waals surface area contributed by atoms with Crippen LogP contribution in [-0.2, 0) is 0 Å². The van der Waals surface area contributed by atoms with E-state index in [2.05, 4.69) is 55.1 Å². The summed E-state index contributed by atoms with van der Waals surface area (Å²) in [6.45, 7) is 4.23. The molecule has 4 rings (SSSR count). The third kappa shape index (κ3) is 1.44. The van der Waals surface area contributed by atoms with Gasteiger partial charge in [0.1, 0.15) is 0 Å². The Kier molecular flexibility index (Phi) is 2.37. The van der Waals surface area contributed by atoms with E-state index in [-0.39, 0.29) is 0 Å². The van der Waals surface area contributed by atoms with E-state index in [1.54, 1.807) is 0 Å². The molecule has 0 fully saturated rings. The summed E-state index contributed by atoms with van der Waals surface area (Å²) in [5.41, 5.74) is 12.4. The van der Waals surface area contributed by atoms with Gasteiger partial charge in [0.25, 0.3) is 0 Å². The lowest BCUT2D eigenvalue weighted by Gasteiger charge is -2.19. The number of fused-ring (bicyclic) bond motifs is 2. The Morgan fingerprint density at radius 2 is 1.85 bits per heavy atom. The highest BCUT2D eigenvalue weighted by Gasteiger charge is 2.30. The molecule has 3 aliphatic carbocycles. The van der Waals surface area contributed by atoms with E-state index in [0.717, 1.165) is 18.5 Å². The predicted molar refractivity (Wildman–Crippen MR) is 83.9 cm³/mol. The molecule has 0 aromatic heterocycles. The zero-order valence-corrected chi connectivity index (χ0v) is 11.4. The molecule has 1 aromatic rings. The largest absolute Gasteiger partial charge is 0.402 e. The predicted octanol–water partition coefficient (Wildman–Crippen LogP) is 2.31. The molecule has 1 heteroatoms. The second kappa shape index (κ2) is 4.11. The summed E-state index contributed by atoms with van der Waals surface area (Å²) < 4.78 is 0. The summed E-state index contributed by atoms with van der Waals surface area (Å²) >= 11 is 0. The highest BCUT2D eigenvalue weighted by Crippen LogP contribution is 2.41. The van der Waals surface area contributed by atoms with Crippen molar-refractivity contribution in [3.05, 3.63) is 82.4 Å². The maximum Gasteiger partial charge on any atom is 0.0291 e. The van der Waals surface area contributed by atoms with E-state index in [1.807, 2.05) is 0 Å². The molecule has 2 N–H and O–H groups in total. The van der Waals surface area contributed by atoms with Crippen molar-refractivity contribution in [3.8, 4) is 0 Å². The second-order valence-corrected chi connectivity index (χ2v) is 5.64. The molecule has 0 saturated heterocycles. The summed E-state index contributed by atoms with van der Waals surface area (Å²) in [5.74, 6) is 0.334. The van der Waals surface area contributed by atoms with Crippen LogP contribution in [0.2, 0.25) is 0 Å². The van der Waals surface area contributed by atoms with Crippen LogP contribution in [0.25, 0.3) is 11.1 Å². The molecule has 0 saturated carbocycles. The third-order valence-corrected chi connectivity index (χ3v) is 4.50. The second-order valence-electron chi connectivity index (χ2n) is 5.64. The Balaban J connectivity index is 2.11. The van der Waals surface area contributed by atoms with E-state index < -0.39 is 0 Å². The zero-order valence-electron chi connectivity index (χ0n) is 11.4. The van der Waals surface area contributed by atoms with Gasteiger partial charge in [0.05, 0.1) is 0 Å². The summed E-state index contributed by atoms with van der Waals surface area (Å²) in [7, 11) is 0. The van der Waals surface area contributed by atoms with Crippen LogP contribution in [0.3, 0.4) is 0 Å². The van der Waals surface area contributed by atoms with Crippen LogP contribution in [0.5, 0.6) is 0 Å². The molecule has 0 aliphatic heterocycles. The standard InChI is InChI=1S/C19H17N/c1-12-10-11-17(20)18(12)19-15-8-4-2-6-13(15)14-7-3-5-9-16(14)19/h2-9,15H,1,10-11,20H2. The van der Waals surface area contributed by atoms with Gasteiger partial charge in [0.15, 0.2) is 0 Å². The van der Waals surface area contributed by atoms with Crippen molar-refractivity contribution in [3.63, 3.8) is 0 Å². The lowest BCUT2D eigenvalue weighted by Crippen LogP contribution is -2.23. The van der Waals surface area contributed by atoms with Gasteiger partial charge < -0.3 is 5.73 Å². The van der Waals surface area contributed by atoms with Crippen LogP contribution in [0, 0.1) is 5.92 Å².